The van der Waals surface area contributed by atoms with Crippen molar-refractivity contribution in [3.05, 3.63) is 35.9 Å². The van der Waals surface area contributed by atoms with Crippen LogP contribution >= 0.6 is 0 Å². The highest BCUT2D eigenvalue weighted by Gasteiger charge is 2.13. The van der Waals surface area contributed by atoms with Gasteiger partial charge in [-0.3, -0.25) is 0 Å². The molecule has 5 nitrogen and oxygen atoms in total. The van der Waals surface area contributed by atoms with Gasteiger partial charge in [-0.1, -0.05) is 0 Å². The van der Waals surface area contributed by atoms with Crippen LogP contribution in [-0.2, 0) is 6.42 Å². The number of benzene rings is 1. The molecule has 0 unspecified atom stereocenters. The van der Waals surface area contributed by atoms with Gasteiger partial charge in [-0.25, -0.2) is 4.98 Å². The predicted octanol–water partition coefficient (Wildman–Crippen LogP) is 1.95. The molecule has 0 saturated heterocycles. The van der Waals surface area contributed by atoms with Gasteiger partial charge in [-0.15, -0.1) is 5.10 Å². The minimum atomic E-state index is 0.643. The molecule has 1 aliphatic rings. The van der Waals surface area contributed by atoms with Crippen molar-refractivity contribution in [3.63, 3.8) is 0 Å². The van der Waals surface area contributed by atoms with Crippen molar-refractivity contribution in [1.29, 1.82) is 0 Å². The summed E-state index contributed by atoms with van der Waals surface area (Å²) in [5.74, 6) is 0.987. The number of hydrogen-bond acceptors (Lipinski definition) is 4. The molecule has 0 atom stereocenters. The van der Waals surface area contributed by atoms with E-state index < -0.39 is 0 Å². The summed E-state index contributed by atoms with van der Waals surface area (Å²) in [4.78, 5) is 4.49. The van der Waals surface area contributed by atoms with Crippen LogP contribution in [0.15, 0.2) is 30.3 Å². The SMILES string of the molecule is c1cc2c(cc1-c1ccc3n[nH]nc3n1)CCO2. The fraction of sp³-hybridized carbons (Fsp3) is 0.154. The second kappa shape index (κ2) is 3.53. The Morgan fingerprint density at radius 3 is 3.11 bits per heavy atom. The van der Waals surface area contributed by atoms with Crippen LogP contribution in [0.2, 0.25) is 0 Å². The zero-order valence-corrected chi connectivity index (χ0v) is 9.55. The van der Waals surface area contributed by atoms with Crippen molar-refractivity contribution in [2.45, 2.75) is 6.42 Å². The first-order valence-electron chi connectivity index (χ1n) is 5.84. The summed E-state index contributed by atoms with van der Waals surface area (Å²) in [7, 11) is 0. The zero-order chi connectivity index (χ0) is 11.9. The molecule has 0 saturated carbocycles. The molecule has 2 aromatic heterocycles. The molecule has 0 spiro atoms. The normalized spacial score (nSPS) is 13.6. The average molecular weight is 238 g/mol. The maximum absolute atomic E-state index is 5.50. The van der Waals surface area contributed by atoms with Gasteiger partial charge in [-0.05, 0) is 35.9 Å². The predicted molar refractivity (Wildman–Crippen MR) is 66.3 cm³/mol. The summed E-state index contributed by atoms with van der Waals surface area (Å²) in [5, 5.41) is 10.6. The number of pyridine rings is 1. The van der Waals surface area contributed by atoms with Crippen molar-refractivity contribution < 1.29 is 4.74 Å². The quantitative estimate of drug-likeness (QED) is 0.703. The molecule has 1 N–H and O–H groups in total. The number of fused-ring (bicyclic) bond motifs is 2. The summed E-state index contributed by atoms with van der Waals surface area (Å²) in [6, 6.07) is 10.1. The lowest BCUT2D eigenvalue weighted by Gasteiger charge is -2.03. The largest absolute Gasteiger partial charge is 0.493 e. The highest BCUT2D eigenvalue weighted by atomic mass is 16.5. The lowest BCUT2D eigenvalue weighted by atomic mass is 10.1. The third-order valence-corrected chi connectivity index (χ3v) is 3.17. The molecule has 0 radical (unpaired) electrons. The van der Waals surface area contributed by atoms with E-state index in [-0.39, 0.29) is 0 Å². The molecule has 4 rings (SSSR count). The number of aromatic amines is 1. The first kappa shape index (κ1) is 9.58. The van der Waals surface area contributed by atoms with Crippen LogP contribution in [0.3, 0.4) is 0 Å². The van der Waals surface area contributed by atoms with Crippen LogP contribution in [0.4, 0.5) is 0 Å². The van der Waals surface area contributed by atoms with Gasteiger partial charge in [-0.2, -0.15) is 10.3 Å². The number of hydrogen-bond donors (Lipinski definition) is 1. The smallest absolute Gasteiger partial charge is 0.202 e. The molecule has 88 valence electrons. The summed E-state index contributed by atoms with van der Waals surface area (Å²) in [6.45, 7) is 0.772. The Morgan fingerprint density at radius 1 is 1.11 bits per heavy atom. The van der Waals surface area contributed by atoms with E-state index >= 15 is 0 Å². The Balaban J connectivity index is 1.86. The lowest BCUT2D eigenvalue weighted by molar-refractivity contribution is 0.357. The van der Waals surface area contributed by atoms with E-state index in [1.54, 1.807) is 0 Å². The molecule has 0 aliphatic carbocycles. The van der Waals surface area contributed by atoms with Gasteiger partial charge in [0.2, 0.25) is 5.65 Å². The van der Waals surface area contributed by atoms with Crippen LogP contribution in [0.1, 0.15) is 5.56 Å². The summed E-state index contributed by atoms with van der Waals surface area (Å²) < 4.78 is 5.50. The van der Waals surface area contributed by atoms with Crippen molar-refractivity contribution in [3.8, 4) is 17.0 Å². The third-order valence-electron chi connectivity index (χ3n) is 3.17. The van der Waals surface area contributed by atoms with E-state index in [0.29, 0.717) is 5.65 Å². The van der Waals surface area contributed by atoms with Crippen LogP contribution in [0.25, 0.3) is 22.4 Å². The molecule has 18 heavy (non-hydrogen) atoms. The highest BCUT2D eigenvalue weighted by Crippen LogP contribution is 2.30. The van der Waals surface area contributed by atoms with Gasteiger partial charge < -0.3 is 4.74 Å². The highest BCUT2D eigenvalue weighted by molar-refractivity contribution is 5.74. The van der Waals surface area contributed by atoms with Crippen LogP contribution < -0.4 is 4.74 Å². The topological polar surface area (TPSA) is 63.7 Å². The van der Waals surface area contributed by atoms with Gasteiger partial charge >= 0.3 is 0 Å². The zero-order valence-electron chi connectivity index (χ0n) is 9.55. The van der Waals surface area contributed by atoms with Crippen molar-refractivity contribution in [2.24, 2.45) is 0 Å². The molecule has 3 heterocycles. The lowest BCUT2D eigenvalue weighted by Crippen LogP contribution is -1.86. The van der Waals surface area contributed by atoms with Gasteiger partial charge in [0.05, 0.1) is 12.3 Å². The van der Waals surface area contributed by atoms with E-state index in [9.17, 15) is 0 Å². The van der Waals surface area contributed by atoms with Gasteiger partial charge in [0, 0.05) is 12.0 Å². The van der Waals surface area contributed by atoms with E-state index in [1.807, 2.05) is 24.3 Å². The second-order valence-corrected chi connectivity index (χ2v) is 4.28. The number of rotatable bonds is 1. The van der Waals surface area contributed by atoms with Gasteiger partial charge in [0.1, 0.15) is 11.3 Å². The molecular weight excluding hydrogens is 228 g/mol. The fourth-order valence-corrected chi connectivity index (χ4v) is 2.24. The Labute approximate surface area is 103 Å². The summed E-state index contributed by atoms with van der Waals surface area (Å²) in [5.41, 5.74) is 4.66. The Bertz CT molecular complexity index is 735. The minimum absolute atomic E-state index is 0.643. The third kappa shape index (κ3) is 1.37. The molecular formula is C13H10N4O. The molecule has 1 aromatic carbocycles. The van der Waals surface area contributed by atoms with Gasteiger partial charge in [0.25, 0.3) is 0 Å². The maximum atomic E-state index is 5.50. The van der Waals surface area contributed by atoms with Crippen LogP contribution in [0, 0.1) is 0 Å². The van der Waals surface area contributed by atoms with Crippen molar-refractivity contribution in [1.82, 2.24) is 20.4 Å². The van der Waals surface area contributed by atoms with E-state index in [0.717, 1.165) is 35.6 Å². The summed E-state index contributed by atoms with van der Waals surface area (Å²) >= 11 is 0. The molecule has 0 amide bonds. The van der Waals surface area contributed by atoms with E-state index in [4.69, 9.17) is 4.74 Å². The molecule has 0 fully saturated rings. The fourth-order valence-electron chi connectivity index (χ4n) is 2.24. The Hall–Kier alpha value is -2.43. The number of H-pyrrole nitrogens is 1. The van der Waals surface area contributed by atoms with Crippen molar-refractivity contribution in [2.75, 3.05) is 6.61 Å². The molecule has 3 aromatic rings. The van der Waals surface area contributed by atoms with Crippen LogP contribution in [0.5, 0.6) is 5.75 Å². The van der Waals surface area contributed by atoms with E-state index in [2.05, 4.69) is 26.5 Å². The first-order chi connectivity index (χ1) is 8.90. The number of nitrogens with one attached hydrogen (secondary N) is 1. The van der Waals surface area contributed by atoms with Gasteiger partial charge in [0.15, 0.2) is 0 Å². The maximum Gasteiger partial charge on any atom is 0.202 e. The first-order valence-corrected chi connectivity index (χ1v) is 5.84. The summed E-state index contributed by atoms with van der Waals surface area (Å²) in [6.07, 6.45) is 0.968. The standard InChI is InChI=1S/C13H10N4O/c1-4-12-9(5-6-18-12)7-8(1)10-2-3-11-13(14-10)16-17-15-11/h1-4,7H,5-6H2,(H,14,15,16,17). The minimum Gasteiger partial charge on any atom is -0.493 e. The Kier molecular flexibility index (Phi) is 1.88. The number of nitrogens with zero attached hydrogens (tertiary/aromatic N) is 3. The molecule has 1 aliphatic heterocycles. The monoisotopic (exact) mass is 238 g/mol. The second-order valence-electron chi connectivity index (χ2n) is 4.28. The van der Waals surface area contributed by atoms with Crippen molar-refractivity contribution >= 4 is 11.2 Å². The van der Waals surface area contributed by atoms with Crippen LogP contribution in [-0.4, -0.2) is 27.0 Å². The van der Waals surface area contributed by atoms with E-state index in [1.165, 1.54) is 5.56 Å². The Morgan fingerprint density at radius 2 is 2.11 bits per heavy atom. The molecule has 0 bridgehead atoms. The number of ether oxygens (including phenoxy) is 1. The number of aromatic nitrogens is 4. The average Bonchev–Trinajstić information content (AvgIpc) is 3.05. The molecule has 5 heteroatoms.